The molecule has 106 valence electrons. The molecule has 2 fully saturated rings. The molecule has 1 aliphatic heterocycles. The fraction of sp³-hybridized carbons (Fsp3) is 0.692. The first-order valence-electron chi connectivity index (χ1n) is 6.93. The van der Waals surface area contributed by atoms with Crippen LogP contribution in [0.2, 0.25) is 0 Å². The Morgan fingerprint density at radius 1 is 1.37 bits per heavy atom. The van der Waals surface area contributed by atoms with Gasteiger partial charge in [-0.2, -0.15) is 4.31 Å². The highest BCUT2D eigenvalue weighted by molar-refractivity contribution is 7.89. The monoisotopic (exact) mass is 283 g/mol. The SMILES string of the molecule is CNCc1cc(S(=O)(=O)N2CC3CCCC3C2)c[nH]1. The van der Waals surface area contributed by atoms with Crippen molar-refractivity contribution in [3.05, 3.63) is 18.0 Å². The third-order valence-corrected chi connectivity index (χ3v) is 6.22. The Balaban J connectivity index is 1.78. The van der Waals surface area contributed by atoms with Crippen LogP contribution in [0, 0.1) is 11.8 Å². The van der Waals surface area contributed by atoms with Crippen molar-refractivity contribution in [1.29, 1.82) is 0 Å². The Labute approximate surface area is 114 Å². The molecular weight excluding hydrogens is 262 g/mol. The van der Waals surface area contributed by atoms with Crippen LogP contribution in [0.25, 0.3) is 0 Å². The van der Waals surface area contributed by atoms with Crippen molar-refractivity contribution in [3.8, 4) is 0 Å². The molecule has 2 unspecified atom stereocenters. The molecule has 0 bridgehead atoms. The minimum atomic E-state index is -3.30. The number of fused-ring (bicyclic) bond motifs is 1. The summed E-state index contributed by atoms with van der Waals surface area (Å²) in [5, 5.41) is 3.01. The Morgan fingerprint density at radius 2 is 2.05 bits per heavy atom. The van der Waals surface area contributed by atoms with Gasteiger partial charge in [-0.15, -0.1) is 0 Å². The molecule has 1 saturated carbocycles. The Bertz CT molecular complexity index is 540. The molecule has 1 aromatic rings. The second-order valence-electron chi connectivity index (χ2n) is 5.66. The van der Waals surface area contributed by atoms with Crippen LogP contribution in [0.5, 0.6) is 0 Å². The highest BCUT2D eigenvalue weighted by Gasteiger charge is 2.41. The van der Waals surface area contributed by atoms with Gasteiger partial charge in [0.05, 0.1) is 4.90 Å². The average molecular weight is 283 g/mol. The van der Waals surface area contributed by atoms with Gasteiger partial charge in [-0.1, -0.05) is 6.42 Å². The topological polar surface area (TPSA) is 65.2 Å². The molecule has 0 radical (unpaired) electrons. The molecule has 1 saturated heterocycles. The van der Waals surface area contributed by atoms with E-state index in [4.69, 9.17) is 0 Å². The molecule has 2 N–H and O–H groups in total. The van der Waals surface area contributed by atoms with Gasteiger partial charge in [-0.3, -0.25) is 0 Å². The number of aromatic amines is 1. The van der Waals surface area contributed by atoms with E-state index in [1.165, 1.54) is 19.3 Å². The lowest BCUT2D eigenvalue weighted by Gasteiger charge is -2.16. The number of hydrogen-bond donors (Lipinski definition) is 2. The van der Waals surface area contributed by atoms with E-state index >= 15 is 0 Å². The van der Waals surface area contributed by atoms with E-state index in [2.05, 4.69) is 10.3 Å². The van der Waals surface area contributed by atoms with Gasteiger partial charge in [0, 0.05) is 31.5 Å². The number of nitrogens with one attached hydrogen (secondary N) is 2. The number of rotatable bonds is 4. The highest BCUT2D eigenvalue weighted by Crippen LogP contribution is 2.39. The zero-order chi connectivity index (χ0) is 13.5. The zero-order valence-corrected chi connectivity index (χ0v) is 12.0. The number of hydrogen-bond acceptors (Lipinski definition) is 3. The van der Waals surface area contributed by atoms with Crippen LogP contribution < -0.4 is 5.32 Å². The van der Waals surface area contributed by atoms with Crippen LogP contribution in [0.1, 0.15) is 25.0 Å². The van der Waals surface area contributed by atoms with E-state index in [0.29, 0.717) is 36.4 Å². The van der Waals surface area contributed by atoms with Crippen LogP contribution in [0.3, 0.4) is 0 Å². The second-order valence-corrected chi connectivity index (χ2v) is 7.60. The van der Waals surface area contributed by atoms with E-state index < -0.39 is 10.0 Å². The summed E-state index contributed by atoms with van der Waals surface area (Å²) in [4.78, 5) is 3.42. The van der Waals surface area contributed by atoms with Gasteiger partial charge in [-0.05, 0) is 37.8 Å². The summed E-state index contributed by atoms with van der Waals surface area (Å²) < 4.78 is 26.8. The van der Waals surface area contributed by atoms with Gasteiger partial charge in [0.1, 0.15) is 0 Å². The third-order valence-electron chi connectivity index (χ3n) is 4.41. The predicted molar refractivity (Wildman–Crippen MR) is 73.1 cm³/mol. The van der Waals surface area contributed by atoms with Crippen molar-refractivity contribution in [1.82, 2.24) is 14.6 Å². The lowest BCUT2D eigenvalue weighted by Crippen LogP contribution is -2.29. The number of nitrogens with zero attached hydrogens (tertiary/aromatic N) is 1. The van der Waals surface area contributed by atoms with Crippen molar-refractivity contribution in [2.75, 3.05) is 20.1 Å². The van der Waals surface area contributed by atoms with Crippen LogP contribution in [-0.2, 0) is 16.6 Å². The quantitative estimate of drug-likeness (QED) is 0.871. The summed E-state index contributed by atoms with van der Waals surface area (Å²) in [7, 11) is -1.46. The molecule has 2 heterocycles. The molecule has 0 amide bonds. The summed E-state index contributed by atoms with van der Waals surface area (Å²) in [6.07, 6.45) is 5.25. The zero-order valence-electron chi connectivity index (χ0n) is 11.2. The second kappa shape index (κ2) is 4.92. The van der Waals surface area contributed by atoms with Crippen molar-refractivity contribution in [2.45, 2.75) is 30.7 Å². The summed E-state index contributed by atoms with van der Waals surface area (Å²) >= 11 is 0. The minimum absolute atomic E-state index is 0.401. The molecule has 1 aliphatic carbocycles. The summed E-state index contributed by atoms with van der Waals surface area (Å²) in [6.45, 7) is 2.07. The molecule has 6 heteroatoms. The number of sulfonamides is 1. The minimum Gasteiger partial charge on any atom is -0.363 e. The Kier molecular flexibility index (Phi) is 3.41. The fourth-order valence-electron chi connectivity index (χ4n) is 3.40. The van der Waals surface area contributed by atoms with Crippen LogP contribution >= 0.6 is 0 Å². The molecule has 2 atom stereocenters. The van der Waals surface area contributed by atoms with Crippen molar-refractivity contribution in [3.63, 3.8) is 0 Å². The van der Waals surface area contributed by atoms with Gasteiger partial charge in [-0.25, -0.2) is 8.42 Å². The summed E-state index contributed by atoms with van der Waals surface area (Å²) in [6, 6.07) is 1.74. The highest BCUT2D eigenvalue weighted by atomic mass is 32.2. The predicted octanol–water partition coefficient (Wildman–Crippen LogP) is 1.15. The average Bonchev–Trinajstić information content (AvgIpc) is 3.03. The molecule has 19 heavy (non-hydrogen) atoms. The van der Waals surface area contributed by atoms with Crippen LogP contribution in [0.4, 0.5) is 0 Å². The molecule has 5 nitrogen and oxygen atoms in total. The summed E-state index contributed by atoms with van der Waals surface area (Å²) in [5.74, 6) is 1.18. The first kappa shape index (κ1) is 13.1. The van der Waals surface area contributed by atoms with Crippen LogP contribution in [-0.4, -0.2) is 37.8 Å². The van der Waals surface area contributed by atoms with Gasteiger partial charge >= 0.3 is 0 Å². The van der Waals surface area contributed by atoms with E-state index in [9.17, 15) is 8.42 Å². The number of H-pyrrole nitrogens is 1. The summed E-state index contributed by atoms with van der Waals surface area (Å²) in [5.41, 5.74) is 0.903. The maximum absolute atomic E-state index is 12.6. The Hall–Kier alpha value is -0.850. The molecule has 3 rings (SSSR count). The van der Waals surface area contributed by atoms with Crippen molar-refractivity contribution < 1.29 is 8.42 Å². The van der Waals surface area contributed by atoms with Crippen molar-refractivity contribution in [2.24, 2.45) is 11.8 Å². The third kappa shape index (κ3) is 2.32. The van der Waals surface area contributed by atoms with E-state index in [1.54, 1.807) is 16.6 Å². The van der Waals surface area contributed by atoms with Gasteiger partial charge in [0.15, 0.2) is 0 Å². The molecule has 0 spiro atoms. The smallest absolute Gasteiger partial charge is 0.244 e. The van der Waals surface area contributed by atoms with Gasteiger partial charge in [0.25, 0.3) is 0 Å². The van der Waals surface area contributed by atoms with Gasteiger partial charge < -0.3 is 10.3 Å². The van der Waals surface area contributed by atoms with E-state index in [0.717, 1.165) is 5.69 Å². The first-order chi connectivity index (χ1) is 9.11. The lowest BCUT2D eigenvalue weighted by molar-refractivity contribution is 0.445. The van der Waals surface area contributed by atoms with E-state index in [1.807, 2.05) is 7.05 Å². The normalized spacial score (nSPS) is 27.8. The van der Waals surface area contributed by atoms with Gasteiger partial charge in [0.2, 0.25) is 10.0 Å². The lowest BCUT2D eigenvalue weighted by atomic mass is 10.0. The van der Waals surface area contributed by atoms with E-state index in [-0.39, 0.29) is 0 Å². The largest absolute Gasteiger partial charge is 0.363 e. The molecule has 0 aromatic carbocycles. The Morgan fingerprint density at radius 3 is 2.68 bits per heavy atom. The van der Waals surface area contributed by atoms with Crippen LogP contribution in [0.15, 0.2) is 17.2 Å². The standard InChI is InChI=1S/C13H21N3O2S/c1-14-6-12-5-13(7-15-12)19(17,18)16-8-10-3-2-4-11(10)9-16/h5,7,10-11,14-15H,2-4,6,8-9H2,1H3. The van der Waals surface area contributed by atoms with Crippen molar-refractivity contribution >= 4 is 10.0 Å². The molecule has 2 aliphatic rings. The molecular formula is C13H21N3O2S. The number of aromatic nitrogens is 1. The first-order valence-corrected chi connectivity index (χ1v) is 8.37. The maximum Gasteiger partial charge on any atom is 0.244 e. The fourth-order valence-corrected chi connectivity index (χ4v) is 4.97. The maximum atomic E-state index is 12.6. The molecule has 1 aromatic heterocycles.